The third kappa shape index (κ3) is 3.96. The lowest BCUT2D eigenvalue weighted by atomic mass is 10.5. The van der Waals surface area contributed by atoms with Crippen LogP contribution in [-0.2, 0) is 0 Å². The molecule has 0 aromatic heterocycles. The fourth-order valence-electron chi connectivity index (χ4n) is 0.167. The summed E-state index contributed by atoms with van der Waals surface area (Å²) in [6.45, 7) is 3.54. The van der Waals surface area contributed by atoms with Gasteiger partial charge >= 0.3 is 0 Å². The maximum absolute atomic E-state index is 3.54. The Labute approximate surface area is 36.3 Å². The largest absolute Gasteiger partial charge is 0.103 e. The molecule has 1 heteroatoms. The molecule has 0 fully saturated rings. The zero-order valence-corrected chi connectivity index (χ0v) is 5.57. The van der Waals surface area contributed by atoms with E-state index in [0.717, 1.165) is 6.42 Å². The number of allylic oxidation sites excluding steroid dienone is 1. The highest BCUT2D eigenvalue weighted by atomic mass is 28.1. The Hall–Kier alpha value is -0.0431. The van der Waals surface area contributed by atoms with E-state index in [9.17, 15) is 0 Å². The van der Waals surface area contributed by atoms with Crippen molar-refractivity contribution in [2.45, 2.75) is 6.42 Å². The van der Waals surface area contributed by atoms with E-state index in [-0.39, 0.29) is 0 Å². The fraction of sp³-hybridized carbons (Fsp3) is 0.250. The summed E-state index contributed by atoms with van der Waals surface area (Å²) in [4.78, 5) is 0. The van der Waals surface area contributed by atoms with Crippen LogP contribution in [0.4, 0.5) is 0 Å². The van der Waals surface area contributed by atoms with Gasteiger partial charge in [0.05, 0.1) is 0 Å². The molecule has 1 radical (unpaired) electrons. The van der Waals surface area contributed by atoms with Gasteiger partial charge in [-0.05, 0) is 6.42 Å². The minimum atomic E-state index is 1.09. The Morgan fingerprint density at radius 1 is 1.80 bits per heavy atom. The van der Waals surface area contributed by atoms with Crippen LogP contribution in [0, 0.1) is 6.04 Å². The van der Waals surface area contributed by atoms with E-state index in [4.69, 9.17) is 0 Å². The van der Waals surface area contributed by atoms with E-state index < -0.39 is 0 Å². The minimum absolute atomic E-state index is 1.09. The molecule has 0 rings (SSSR count). The van der Waals surface area contributed by atoms with Crippen LogP contribution in [0.5, 0.6) is 0 Å². The highest BCUT2D eigenvalue weighted by Gasteiger charge is 1.62. The third-order valence-electron chi connectivity index (χ3n) is 0.402. The zero-order valence-electron chi connectivity index (χ0n) is 3.57. The van der Waals surface area contributed by atoms with Gasteiger partial charge in [0, 0.05) is 10.2 Å². The summed E-state index contributed by atoms with van der Waals surface area (Å²) in [5.41, 5.74) is 0. The van der Waals surface area contributed by atoms with Crippen molar-refractivity contribution >= 4 is 10.2 Å². The zero-order chi connectivity index (χ0) is 4.12. The average Bonchev–Trinajstić information content (AvgIpc) is 1.41. The van der Waals surface area contributed by atoms with Crippen LogP contribution in [0.25, 0.3) is 0 Å². The first kappa shape index (κ1) is 4.96. The van der Waals surface area contributed by atoms with Crippen molar-refractivity contribution in [2.75, 3.05) is 0 Å². The predicted octanol–water partition coefficient (Wildman–Crippen LogP) is 0.0897. The van der Waals surface area contributed by atoms with E-state index in [1.54, 1.807) is 0 Å². The molecule has 0 aliphatic carbocycles. The van der Waals surface area contributed by atoms with Crippen molar-refractivity contribution in [3.8, 4) is 0 Å². The molecule has 0 aromatic carbocycles. The standard InChI is InChI=1S/C4H9Si/c1-2-3-4-5/h2,4H,1,3H2,5H3. The molecule has 0 aromatic rings. The molecular formula is C4H9Si. The number of rotatable bonds is 2. The molecule has 0 N–H and O–H groups in total. The second-order valence-corrected chi connectivity index (χ2v) is 1.75. The molecule has 0 amide bonds. The molecule has 0 bridgehead atoms. The lowest BCUT2D eigenvalue weighted by molar-refractivity contribution is 1.37. The van der Waals surface area contributed by atoms with Crippen LogP contribution in [0.1, 0.15) is 6.42 Å². The van der Waals surface area contributed by atoms with Gasteiger partial charge in [0.15, 0.2) is 0 Å². The van der Waals surface area contributed by atoms with Gasteiger partial charge in [0.25, 0.3) is 0 Å². The highest BCUT2D eigenvalue weighted by Crippen LogP contribution is 1.75. The summed E-state index contributed by atoms with van der Waals surface area (Å²) in [5.74, 6) is 0. The molecule has 0 unspecified atom stereocenters. The molecule has 0 heterocycles. The van der Waals surface area contributed by atoms with Gasteiger partial charge in [-0.1, -0.05) is 12.1 Å². The summed E-state index contributed by atoms with van der Waals surface area (Å²) in [7, 11) is 1.20. The van der Waals surface area contributed by atoms with E-state index in [2.05, 4.69) is 12.6 Å². The lowest BCUT2D eigenvalue weighted by Gasteiger charge is -1.72. The number of hydrogen-bond acceptors (Lipinski definition) is 0. The van der Waals surface area contributed by atoms with Crippen molar-refractivity contribution in [1.82, 2.24) is 0 Å². The smallest absolute Gasteiger partial charge is 0.00708 e. The highest BCUT2D eigenvalue weighted by molar-refractivity contribution is 6.14. The van der Waals surface area contributed by atoms with E-state index in [1.807, 2.05) is 6.08 Å². The molecule has 0 nitrogen and oxygen atoms in total. The van der Waals surface area contributed by atoms with Crippen molar-refractivity contribution in [3.63, 3.8) is 0 Å². The van der Waals surface area contributed by atoms with Gasteiger partial charge in [-0.15, -0.1) is 6.58 Å². The van der Waals surface area contributed by atoms with Gasteiger partial charge in [-0.25, -0.2) is 0 Å². The first-order valence-electron chi connectivity index (χ1n) is 1.80. The first-order chi connectivity index (χ1) is 2.41. The fourth-order valence-corrected chi connectivity index (χ4v) is 0.500. The Morgan fingerprint density at radius 2 is 2.40 bits per heavy atom. The summed E-state index contributed by atoms with van der Waals surface area (Å²) in [6.07, 6.45) is 3.00. The minimum Gasteiger partial charge on any atom is -0.103 e. The second kappa shape index (κ2) is 3.96. The third-order valence-corrected chi connectivity index (χ3v) is 0.874. The van der Waals surface area contributed by atoms with Gasteiger partial charge in [-0.2, -0.15) is 0 Å². The summed E-state index contributed by atoms with van der Waals surface area (Å²) in [6, 6.07) is 2.20. The van der Waals surface area contributed by atoms with Crippen LogP contribution in [0.2, 0.25) is 0 Å². The van der Waals surface area contributed by atoms with E-state index in [1.165, 1.54) is 10.2 Å². The van der Waals surface area contributed by atoms with Gasteiger partial charge in [0.2, 0.25) is 0 Å². The van der Waals surface area contributed by atoms with Crippen molar-refractivity contribution in [1.29, 1.82) is 0 Å². The molecule has 0 saturated heterocycles. The van der Waals surface area contributed by atoms with Crippen molar-refractivity contribution < 1.29 is 0 Å². The van der Waals surface area contributed by atoms with Crippen LogP contribution in [-0.4, -0.2) is 10.2 Å². The molecule has 0 aliphatic rings. The lowest BCUT2D eigenvalue weighted by Crippen LogP contribution is -1.63. The van der Waals surface area contributed by atoms with Crippen LogP contribution in [0.15, 0.2) is 12.7 Å². The van der Waals surface area contributed by atoms with E-state index >= 15 is 0 Å². The molecule has 5 heavy (non-hydrogen) atoms. The number of hydrogen-bond donors (Lipinski definition) is 0. The first-order valence-corrected chi connectivity index (χ1v) is 2.96. The van der Waals surface area contributed by atoms with Crippen LogP contribution >= 0.6 is 0 Å². The van der Waals surface area contributed by atoms with Gasteiger partial charge < -0.3 is 0 Å². The summed E-state index contributed by atoms with van der Waals surface area (Å²) >= 11 is 0. The molecule has 0 aliphatic heterocycles. The summed E-state index contributed by atoms with van der Waals surface area (Å²) < 4.78 is 0. The Bertz CT molecular complexity index is 24.8. The average molecular weight is 85.2 g/mol. The quantitative estimate of drug-likeness (QED) is 0.329. The maximum Gasteiger partial charge on any atom is 0.00708 e. The van der Waals surface area contributed by atoms with Crippen molar-refractivity contribution in [2.24, 2.45) is 0 Å². The topological polar surface area (TPSA) is 0 Å². The monoisotopic (exact) mass is 85.0 g/mol. The molecule has 29 valence electrons. The molecule has 0 atom stereocenters. The Morgan fingerprint density at radius 3 is 2.40 bits per heavy atom. The maximum atomic E-state index is 3.54. The van der Waals surface area contributed by atoms with Crippen LogP contribution in [0.3, 0.4) is 0 Å². The molecular weight excluding hydrogens is 76.1 g/mol. The van der Waals surface area contributed by atoms with Crippen LogP contribution < -0.4 is 0 Å². The normalized spacial score (nSPS) is 8.00. The second-order valence-electron chi connectivity index (χ2n) is 0.933. The Kier molecular flexibility index (Phi) is 3.92. The van der Waals surface area contributed by atoms with Gasteiger partial charge in [-0.3, -0.25) is 0 Å². The molecule has 0 spiro atoms. The van der Waals surface area contributed by atoms with E-state index in [0.29, 0.717) is 0 Å². The van der Waals surface area contributed by atoms with Gasteiger partial charge in [0.1, 0.15) is 0 Å². The predicted molar refractivity (Wildman–Crippen MR) is 29.1 cm³/mol. The molecule has 0 saturated carbocycles. The summed E-state index contributed by atoms with van der Waals surface area (Å²) in [5, 5.41) is 0. The SMILES string of the molecule is C=CC[CH][SiH3]. The van der Waals surface area contributed by atoms with Crippen molar-refractivity contribution in [3.05, 3.63) is 18.7 Å². The Balaban J connectivity index is 2.40.